The fourth-order valence-corrected chi connectivity index (χ4v) is 3.96. The monoisotopic (exact) mass is 441 g/mol. The summed E-state index contributed by atoms with van der Waals surface area (Å²) in [7, 11) is 0. The third-order valence-corrected chi connectivity index (χ3v) is 5.87. The van der Waals surface area contributed by atoms with Crippen molar-refractivity contribution < 1.29 is 9.21 Å². The van der Waals surface area contributed by atoms with Gasteiger partial charge in [0.25, 0.3) is 0 Å². The minimum atomic E-state index is -0.371. The topological polar surface area (TPSA) is 66.6 Å². The number of piperidine rings is 1. The van der Waals surface area contributed by atoms with Gasteiger partial charge in [-0.3, -0.25) is 4.79 Å². The molecule has 0 bridgehead atoms. The Labute approximate surface area is 185 Å². The highest BCUT2D eigenvalue weighted by Gasteiger charge is 2.34. The summed E-state index contributed by atoms with van der Waals surface area (Å²) >= 11 is 12.1. The van der Waals surface area contributed by atoms with Crippen molar-refractivity contribution in [2.75, 3.05) is 0 Å². The molecule has 1 fully saturated rings. The first-order valence-electron chi connectivity index (χ1n) is 9.68. The maximum atomic E-state index is 12.3. The molecule has 0 radical (unpaired) electrons. The lowest BCUT2D eigenvalue weighted by molar-refractivity contribution is 0.0926. The molecule has 1 amide bonds. The van der Waals surface area contributed by atoms with Gasteiger partial charge in [-0.1, -0.05) is 54.4 Å². The summed E-state index contributed by atoms with van der Waals surface area (Å²) in [5.41, 5.74) is 5.74. The summed E-state index contributed by atoms with van der Waals surface area (Å²) in [6.45, 7) is 2.10. The van der Waals surface area contributed by atoms with E-state index in [1.165, 1.54) is 6.26 Å². The molecule has 2 aromatic carbocycles. The highest BCUT2D eigenvalue weighted by atomic mass is 35.5. The Balaban J connectivity index is 1.63. The van der Waals surface area contributed by atoms with Crippen molar-refractivity contribution in [2.24, 2.45) is 11.0 Å². The largest absolute Gasteiger partial charge is 0.459 e. The quantitative estimate of drug-likeness (QED) is 0.503. The maximum absolute atomic E-state index is 12.3. The lowest BCUT2D eigenvalue weighted by atomic mass is 9.81. The van der Waals surface area contributed by atoms with E-state index in [9.17, 15) is 4.79 Å². The zero-order valence-electron chi connectivity index (χ0n) is 16.3. The van der Waals surface area contributed by atoms with E-state index in [2.05, 4.69) is 22.8 Å². The second-order valence-corrected chi connectivity index (χ2v) is 8.19. The van der Waals surface area contributed by atoms with Gasteiger partial charge in [0.05, 0.1) is 6.26 Å². The molecule has 1 saturated heterocycles. The molecule has 1 aromatic heterocycles. The number of halogens is 2. The third kappa shape index (κ3) is 4.59. The first-order valence-corrected chi connectivity index (χ1v) is 10.4. The average molecular weight is 442 g/mol. The van der Waals surface area contributed by atoms with Crippen molar-refractivity contribution in [3.8, 4) is 0 Å². The van der Waals surface area contributed by atoms with E-state index in [0.717, 1.165) is 16.8 Å². The Kier molecular flexibility index (Phi) is 6.23. The van der Waals surface area contributed by atoms with Crippen LogP contribution in [0, 0.1) is 5.92 Å². The number of carbonyl (C=O) groups is 1. The molecule has 7 heteroatoms. The Morgan fingerprint density at radius 1 is 1.03 bits per heavy atom. The van der Waals surface area contributed by atoms with Crippen LogP contribution in [0.5, 0.6) is 0 Å². The van der Waals surface area contributed by atoms with Gasteiger partial charge < -0.3 is 9.73 Å². The minimum Gasteiger partial charge on any atom is -0.459 e. The van der Waals surface area contributed by atoms with Crippen LogP contribution < -0.4 is 10.7 Å². The Morgan fingerprint density at radius 3 is 2.27 bits per heavy atom. The number of rotatable bonds is 4. The van der Waals surface area contributed by atoms with E-state index in [4.69, 9.17) is 27.6 Å². The van der Waals surface area contributed by atoms with Gasteiger partial charge in [0.2, 0.25) is 0 Å². The van der Waals surface area contributed by atoms with Gasteiger partial charge in [-0.15, -0.1) is 0 Å². The smallest absolute Gasteiger partial charge is 0.307 e. The van der Waals surface area contributed by atoms with Gasteiger partial charge in [-0.25, -0.2) is 5.43 Å². The fraction of sp³-hybridized carbons (Fsp3) is 0.217. The van der Waals surface area contributed by atoms with Gasteiger partial charge >= 0.3 is 5.91 Å². The van der Waals surface area contributed by atoms with Crippen LogP contribution in [-0.2, 0) is 0 Å². The number of nitrogens with one attached hydrogen (secondary N) is 2. The van der Waals surface area contributed by atoms with Crippen molar-refractivity contribution >= 4 is 34.8 Å². The summed E-state index contributed by atoms with van der Waals surface area (Å²) in [6.07, 6.45) is 2.12. The minimum absolute atomic E-state index is 0.0101. The van der Waals surface area contributed by atoms with Gasteiger partial charge in [-0.2, -0.15) is 5.10 Å². The molecule has 0 saturated carbocycles. The lowest BCUT2D eigenvalue weighted by Gasteiger charge is -2.37. The highest BCUT2D eigenvalue weighted by Crippen LogP contribution is 2.36. The van der Waals surface area contributed by atoms with Crippen LogP contribution >= 0.6 is 23.2 Å². The molecule has 5 nitrogen and oxygen atoms in total. The molecular weight excluding hydrogens is 421 g/mol. The molecule has 1 aliphatic rings. The van der Waals surface area contributed by atoms with Gasteiger partial charge in [0, 0.05) is 40.2 Å². The van der Waals surface area contributed by atoms with Crippen molar-refractivity contribution in [3.05, 3.63) is 93.9 Å². The molecule has 2 heterocycles. The Bertz CT molecular complexity index is 1030. The number of hydrogen-bond acceptors (Lipinski definition) is 4. The van der Waals surface area contributed by atoms with Crippen molar-refractivity contribution in [3.63, 3.8) is 0 Å². The number of nitrogens with zero attached hydrogens (tertiary/aromatic N) is 1. The molecular formula is C23H21Cl2N3O2. The third-order valence-electron chi connectivity index (χ3n) is 5.37. The standard InChI is InChI=1S/C23H21Cl2N3O2/c1-14-19(27-28-23(29)21-3-2-12-30-21)13-20(15-4-8-17(24)9-5-15)26-22(14)16-6-10-18(25)11-7-16/h2-12,14,20,22,26H,13H2,1H3,(H,28,29)/b27-19+. The first-order chi connectivity index (χ1) is 14.5. The lowest BCUT2D eigenvalue weighted by Crippen LogP contribution is -2.42. The Morgan fingerprint density at radius 2 is 1.67 bits per heavy atom. The van der Waals surface area contributed by atoms with Crippen LogP contribution in [0.1, 0.15) is 47.1 Å². The number of amides is 1. The molecule has 0 spiro atoms. The van der Waals surface area contributed by atoms with Crippen LogP contribution in [0.25, 0.3) is 0 Å². The van der Waals surface area contributed by atoms with E-state index in [0.29, 0.717) is 16.5 Å². The van der Waals surface area contributed by atoms with Crippen LogP contribution in [0.15, 0.2) is 76.4 Å². The predicted molar refractivity (Wildman–Crippen MR) is 119 cm³/mol. The number of carbonyl (C=O) groups excluding carboxylic acids is 1. The second-order valence-electron chi connectivity index (χ2n) is 7.31. The maximum Gasteiger partial charge on any atom is 0.307 e. The van der Waals surface area contributed by atoms with Crippen molar-refractivity contribution in [2.45, 2.75) is 25.4 Å². The number of hydrazone groups is 1. The van der Waals surface area contributed by atoms with Gasteiger partial charge in [0.1, 0.15) is 0 Å². The van der Waals surface area contributed by atoms with E-state index >= 15 is 0 Å². The van der Waals surface area contributed by atoms with Gasteiger partial charge in [-0.05, 0) is 47.5 Å². The fourth-order valence-electron chi connectivity index (χ4n) is 3.70. The van der Waals surface area contributed by atoms with Crippen LogP contribution in [0.2, 0.25) is 10.0 Å². The summed E-state index contributed by atoms with van der Waals surface area (Å²) < 4.78 is 5.15. The molecule has 4 rings (SSSR count). The van der Waals surface area contributed by atoms with Crippen LogP contribution in [-0.4, -0.2) is 11.6 Å². The molecule has 0 aliphatic carbocycles. The summed E-state index contributed by atoms with van der Waals surface area (Å²) in [5, 5.41) is 9.58. The SMILES string of the molecule is CC1/C(=N/NC(=O)c2ccco2)CC(c2ccc(Cl)cc2)NC1c1ccc(Cl)cc1. The number of benzene rings is 2. The molecule has 3 unspecified atom stereocenters. The molecule has 3 atom stereocenters. The number of hydrogen-bond donors (Lipinski definition) is 2. The van der Waals surface area contributed by atoms with Gasteiger partial charge in [0.15, 0.2) is 5.76 Å². The summed E-state index contributed by atoms with van der Waals surface area (Å²) in [5.74, 6) is -0.0830. The molecule has 154 valence electrons. The predicted octanol–water partition coefficient (Wildman–Crippen LogP) is 5.78. The van der Waals surface area contributed by atoms with Crippen molar-refractivity contribution in [1.82, 2.24) is 10.7 Å². The highest BCUT2D eigenvalue weighted by molar-refractivity contribution is 6.30. The van der Waals surface area contributed by atoms with E-state index in [1.54, 1.807) is 12.1 Å². The van der Waals surface area contributed by atoms with E-state index < -0.39 is 0 Å². The van der Waals surface area contributed by atoms with E-state index in [-0.39, 0.29) is 29.7 Å². The Hall–Kier alpha value is -2.60. The zero-order valence-corrected chi connectivity index (χ0v) is 17.8. The van der Waals surface area contributed by atoms with Crippen molar-refractivity contribution in [1.29, 1.82) is 0 Å². The van der Waals surface area contributed by atoms with E-state index in [1.807, 2.05) is 48.5 Å². The first kappa shape index (κ1) is 20.7. The second kappa shape index (κ2) is 9.04. The van der Waals surface area contributed by atoms with Crippen LogP contribution in [0.3, 0.4) is 0 Å². The molecule has 30 heavy (non-hydrogen) atoms. The zero-order chi connectivity index (χ0) is 21.1. The van der Waals surface area contributed by atoms with Crippen LogP contribution in [0.4, 0.5) is 0 Å². The number of furan rings is 1. The summed E-state index contributed by atoms with van der Waals surface area (Å²) in [4.78, 5) is 12.3. The molecule has 1 aliphatic heterocycles. The average Bonchev–Trinajstić information content (AvgIpc) is 3.29. The normalized spacial score (nSPS) is 22.8. The molecule has 3 aromatic rings. The summed E-state index contributed by atoms with van der Waals surface area (Å²) in [6, 6.07) is 18.9. The molecule has 2 N–H and O–H groups in total.